The highest BCUT2D eigenvalue weighted by Crippen LogP contribution is 2.22. The lowest BCUT2D eigenvalue weighted by Crippen LogP contribution is -2.34. The molecular formula is C22H30ClN3O2. The van der Waals surface area contributed by atoms with Crippen LogP contribution in [-0.2, 0) is 11.3 Å². The number of amides is 1. The monoisotopic (exact) mass is 403 g/mol. The minimum Gasteiger partial charge on any atom is -0.393 e. The lowest BCUT2D eigenvalue weighted by atomic mass is 9.87. The highest BCUT2D eigenvalue weighted by atomic mass is 35.5. The van der Waals surface area contributed by atoms with Crippen molar-refractivity contribution in [1.29, 1.82) is 0 Å². The van der Waals surface area contributed by atoms with Crippen LogP contribution in [-0.4, -0.2) is 33.4 Å². The summed E-state index contributed by atoms with van der Waals surface area (Å²) in [5.41, 5.74) is 3.62. The van der Waals surface area contributed by atoms with Crippen LogP contribution in [0.4, 0.5) is 0 Å². The zero-order chi connectivity index (χ0) is 20.9. The van der Waals surface area contributed by atoms with Crippen molar-refractivity contribution in [2.24, 2.45) is 5.41 Å². The number of carbonyl (C=O) groups is 1. The number of aromatic nitrogens is 2. The molecule has 2 rings (SSSR count). The Kier molecular flexibility index (Phi) is 7.44. The molecule has 0 saturated carbocycles. The van der Waals surface area contributed by atoms with Crippen molar-refractivity contribution in [1.82, 2.24) is 15.1 Å². The molecule has 0 fully saturated rings. The molecule has 0 aliphatic rings. The fourth-order valence-electron chi connectivity index (χ4n) is 3.31. The maximum absolute atomic E-state index is 12.2. The minimum absolute atomic E-state index is 0.156. The van der Waals surface area contributed by atoms with Crippen LogP contribution in [0.2, 0.25) is 5.02 Å². The van der Waals surface area contributed by atoms with Crippen molar-refractivity contribution in [2.45, 2.75) is 53.7 Å². The third-order valence-electron chi connectivity index (χ3n) is 4.71. The molecule has 6 heteroatoms. The first-order chi connectivity index (χ1) is 13.1. The number of rotatable bonds is 8. The molecule has 1 amide bonds. The van der Waals surface area contributed by atoms with Gasteiger partial charge in [0.2, 0.25) is 5.91 Å². The van der Waals surface area contributed by atoms with Gasteiger partial charge in [0.15, 0.2) is 0 Å². The van der Waals surface area contributed by atoms with Crippen molar-refractivity contribution in [2.75, 3.05) is 6.54 Å². The van der Waals surface area contributed by atoms with E-state index in [0.29, 0.717) is 24.5 Å². The molecule has 5 nitrogen and oxygen atoms in total. The van der Waals surface area contributed by atoms with Gasteiger partial charge >= 0.3 is 0 Å². The molecule has 1 aromatic heterocycles. The predicted molar refractivity (Wildman–Crippen MR) is 114 cm³/mol. The molecule has 1 aromatic carbocycles. The number of nitrogens with zero attached hydrogens (tertiary/aromatic N) is 2. The van der Waals surface area contributed by atoms with E-state index >= 15 is 0 Å². The molecule has 28 heavy (non-hydrogen) atoms. The molecule has 0 bridgehead atoms. The molecule has 0 saturated heterocycles. The number of benzene rings is 1. The van der Waals surface area contributed by atoms with Gasteiger partial charge in [0, 0.05) is 28.9 Å². The van der Waals surface area contributed by atoms with Crippen LogP contribution >= 0.6 is 11.6 Å². The number of aliphatic hydroxyl groups is 1. The summed E-state index contributed by atoms with van der Waals surface area (Å²) in [4.78, 5) is 12.2. The van der Waals surface area contributed by atoms with Crippen molar-refractivity contribution >= 4 is 23.6 Å². The summed E-state index contributed by atoms with van der Waals surface area (Å²) in [5.74, 6) is -0.156. The van der Waals surface area contributed by atoms with E-state index in [9.17, 15) is 9.90 Å². The molecule has 2 N–H and O–H groups in total. The summed E-state index contributed by atoms with van der Waals surface area (Å²) >= 11 is 6.26. The van der Waals surface area contributed by atoms with Crippen LogP contribution in [0.1, 0.15) is 49.7 Å². The number of hydrogen-bond donors (Lipinski definition) is 2. The summed E-state index contributed by atoms with van der Waals surface area (Å²) in [6.45, 7) is 10.8. The average Bonchev–Trinajstić information content (AvgIpc) is 2.86. The minimum atomic E-state index is -0.392. The molecule has 1 atom stereocenters. The number of carbonyl (C=O) groups excluding carboxylic acids is 1. The number of aryl methyl sites for hydroxylation is 1. The Morgan fingerprint density at radius 2 is 2.04 bits per heavy atom. The van der Waals surface area contributed by atoms with E-state index < -0.39 is 6.10 Å². The number of nitrogens with one attached hydrogen (secondary N) is 1. The predicted octanol–water partition coefficient (Wildman–Crippen LogP) is 4.13. The van der Waals surface area contributed by atoms with E-state index in [1.807, 2.05) is 56.6 Å². The summed E-state index contributed by atoms with van der Waals surface area (Å²) in [7, 11) is 0. The first-order valence-electron chi connectivity index (χ1n) is 9.50. The number of aliphatic hydroxyl groups excluding tert-OH is 1. The maximum atomic E-state index is 12.2. The second kappa shape index (κ2) is 9.39. The molecule has 1 heterocycles. The Bertz CT molecular complexity index is 853. The van der Waals surface area contributed by atoms with Gasteiger partial charge in [-0.15, -0.1) is 0 Å². The van der Waals surface area contributed by atoms with E-state index in [2.05, 4.69) is 10.4 Å². The van der Waals surface area contributed by atoms with E-state index in [1.54, 1.807) is 13.0 Å². The van der Waals surface area contributed by atoms with E-state index in [-0.39, 0.29) is 11.3 Å². The second-order valence-corrected chi connectivity index (χ2v) is 8.51. The van der Waals surface area contributed by atoms with Gasteiger partial charge in [0.25, 0.3) is 0 Å². The van der Waals surface area contributed by atoms with Crippen molar-refractivity contribution < 1.29 is 9.90 Å². The maximum Gasteiger partial charge on any atom is 0.244 e. The van der Waals surface area contributed by atoms with Crippen LogP contribution in [0.15, 0.2) is 30.3 Å². The molecule has 152 valence electrons. The summed E-state index contributed by atoms with van der Waals surface area (Å²) in [5, 5.41) is 17.8. The van der Waals surface area contributed by atoms with Crippen LogP contribution < -0.4 is 5.32 Å². The van der Waals surface area contributed by atoms with Gasteiger partial charge in [0.05, 0.1) is 18.3 Å². The summed E-state index contributed by atoms with van der Waals surface area (Å²) in [6, 6.07) is 7.71. The Hall–Kier alpha value is -2.11. The molecule has 1 unspecified atom stereocenters. The molecular weight excluding hydrogens is 374 g/mol. The van der Waals surface area contributed by atoms with Crippen LogP contribution in [0.25, 0.3) is 6.08 Å². The van der Waals surface area contributed by atoms with Crippen molar-refractivity contribution in [3.8, 4) is 0 Å². The standard InChI is InChI=1S/C22H30ClN3O2/c1-15(27)12-22(4,5)14-24-21(28)11-10-19-16(2)25-26(17(19)3)13-18-8-6-7-9-20(18)23/h6-11,15,27H,12-14H2,1-5H3,(H,24,28)/b11-10+. The molecule has 0 radical (unpaired) electrons. The zero-order valence-corrected chi connectivity index (χ0v) is 18.0. The van der Waals surface area contributed by atoms with Crippen molar-refractivity contribution in [3.05, 3.63) is 57.9 Å². The normalized spacial score (nSPS) is 13.1. The third-order valence-corrected chi connectivity index (χ3v) is 5.07. The Morgan fingerprint density at radius 1 is 1.36 bits per heavy atom. The molecule has 0 spiro atoms. The Balaban J connectivity index is 2.05. The lowest BCUT2D eigenvalue weighted by Gasteiger charge is -2.26. The highest BCUT2D eigenvalue weighted by molar-refractivity contribution is 6.31. The van der Waals surface area contributed by atoms with E-state index in [0.717, 1.165) is 22.5 Å². The largest absolute Gasteiger partial charge is 0.393 e. The quantitative estimate of drug-likeness (QED) is 0.651. The van der Waals surface area contributed by atoms with Crippen LogP contribution in [0.5, 0.6) is 0 Å². The Morgan fingerprint density at radius 3 is 2.68 bits per heavy atom. The topological polar surface area (TPSA) is 67.2 Å². The second-order valence-electron chi connectivity index (χ2n) is 8.10. The first kappa shape index (κ1) is 22.2. The molecule has 0 aliphatic carbocycles. The fraction of sp³-hybridized carbons (Fsp3) is 0.455. The van der Waals surface area contributed by atoms with Crippen LogP contribution in [0.3, 0.4) is 0 Å². The fourth-order valence-corrected chi connectivity index (χ4v) is 3.51. The van der Waals surface area contributed by atoms with Gasteiger partial charge in [-0.05, 0) is 50.3 Å². The SMILES string of the molecule is Cc1nn(Cc2ccccc2Cl)c(C)c1/C=C/C(=O)NCC(C)(C)CC(C)O. The third kappa shape index (κ3) is 6.21. The van der Waals surface area contributed by atoms with E-state index in [1.165, 1.54) is 6.08 Å². The van der Waals surface area contributed by atoms with Gasteiger partial charge in [-0.3, -0.25) is 9.48 Å². The summed E-state index contributed by atoms with van der Waals surface area (Å²) < 4.78 is 1.90. The smallest absolute Gasteiger partial charge is 0.244 e. The highest BCUT2D eigenvalue weighted by Gasteiger charge is 2.20. The zero-order valence-electron chi connectivity index (χ0n) is 17.3. The molecule has 2 aromatic rings. The molecule has 0 aliphatic heterocycles. The van der Waals surface area contributed by atoms with Gasteiger partial charge in [-0.2, -0.15) is 5.10 Å². The number of halogens is 1. The lowest BCUT2D eigenvalue weighted by molar-refractivity contribution is -0.117. The van der Waals surface area contributed by atoms with E-state index in [4.69, 9.17) is 11.6 Å². The number of hydrogen-bond acceptors (Lipinski definition) is 3. The average molecular weight is 404 g/mol. The van der Waals surface area contributed by atoms with Gasteiger partial charge < -0.3 is 10.4 Å². The van der Waals surface area contributed by atoms with Crippen molar-refractivity contribution in [3.63, 3.8) is 0 Å². The first-order valence-corrected chi connectivity index (χ1v) is 9.88. The van der Waals surface area contributed by atoms with Gasteiger partial charge in [-0.25, -0.2) is 0 Å². The van der Waals surface area contributed by atoms with Crippen LogP contribution in [0, 0.1) is 19.3 Å². The van der Waals surface area contributed by atoms with Gasteiger partial charge in [-0.1, -0.05) is 43.6 Å². The summed E-state index contributed by atoms with van der Waals surface area (Å²) in [6.07, 6.45) is 3.58. The Labute approximate surface area is 172 Å². The van der Waals surface area contributed by atoms with Gasteiger partial charge in [0.1, 0.15) is 0 Å².